The molecule has 0 saturated carbocycles. The van der Waals surface area contributed by atoms with Crippen LogP contribution in [0, 0.1) is 0 Å². The Morgan fingerprint density at radius 2 is 1.89 bits per heavy atom. The molecule has 0 fully saturated rings. The third-order valence-corrected chi connectivity index (χ3v) is 3.86. The van der Waals surface area contributed by atoms with Crippen LogP contribution in [0.1, 0.15) is 22.6 Å². The average molecular weight is 272 g/mol. The molecule has 19 heavy (non-hydrogen) atoms. The van der Waals surface area contributed by atoms with Crippen molar-refractivity contribution in [3.8, 4) is 0 Å². The third kappa shape index (κ3) is 2.36. The van der Waals surface area contributed by atoms with Gasteiger partial charge >= 0.3 is 0 Å². The molecule has 1 amide bonds. The summed E-state index contributed by atoms with van der Waals surface area (Å²) < 4.78 is 0. The first-order chi connectivity index (χ1) is 9.28. The summed E-state index contributed by atoms with van der Waals surface area (Å²) in [6, 6.07) is 15.7. The highest BCUT2D eigenvalue weighted by atomic mass is 35.5. The van der Waals surface area contributed by atoms with E-state index in [0.29, 0.717) is 5.88 Å². The summed E-state index contributed by atoms with van der Waals surface area (Å²) in [4.78, 5) is 12.2. The first-order valence-electron chi connectivity index (χ1n) is 6.31. The van der Waals surface area contributed by atoms with Crippen LogP contribution in [-0.4, -0.2) is 5.91 Å². The first kappa shape index (κ1) is 12.2. The van der Waals surface area contributed by atoms with Gasteiger partial charge in [0.05, 0.1) is 5.92 Å². The molecule has 1 N–H and O–H groups in total. The Labute approximate surface area is 117 Å². The SMILES string of the molecule is O=C(Nc1ccc(CCl)cc1)C1Cc2ccccc21. The van der Waals surface area contributed by atoms with Crippen LogP contribution in [-0.2, 0) is 17.1 Å². The molecule has 1 unspecified atom stereocenters. The minimum atomic E-state index is -0.0103. The van der Waals surface area contributed by atoms with Crippen molar-refractivity contribution in [2.75, 3.05) is 5.32 Å². The zero-order chi connectivity index (χ0) is 13.2. The van der Waals surface area contributed by atoms with E-state index in [1.165, 1.54) is 5.56 Å². The summed E-state index contributed by atoms with van der Waals surface area (Å²) in [7, 11) is 0. The van der Waals surface area contributed by atoms with Crippen LogP contribution in [0.2, 0.25) is 0 Å². The van der Waals surface area contributed by atoms with E-state index in [1.54, 1.807) is 0 Å². The van der Waals surface area contributed by atoms with Gasteiger partial charge in [-0.05, 0) is 35.2 Å². The Morgan fingerprint density at radius 1 is 1.16 bits per heavy atom. The number of anilines is 1. The van der Waals surface area contributed by atoms with Crippen molar-refractivity contribution < 1.29 is 4.79 Å². The lowest BCUT2D eigenvalue weighted by molar-refractivity contribution is -0.118. The predicted molar refractivity (Wildman–Crippen MR) is 77.5 cm³/mol. The fourth-order valence-electron chi connectivity index (χ4n) is 2.40. The van der Waals surface area contributed by atoms with Gasteiger partial charge in [-0.3, -0.25) is 4.79 Å². The zero-order valence-electron chi connectivity index (χ0n) is 10.4. The predicted octanol–water partition coefficient (Wildman–Crippen LogP) is 3.70. The number of carbonyl (C=O) groups excluding carboxylic acids is 1. The van der Waals surface area contributed by atoms with E-state index in [-0.39, 0.29) is 11.8 Å². The number of rotatable bonds is 3. The van der Waals surface area contributed by atoms with E-state index in [0.717, 1.165) is 23.2 Å². The molecule has 1 aliphatic rings. The lowest BCUT2D eigenvalue weighted by atomic mass is 9.77. The normalized spacial score (nSPS) is 16.4. The van der Waals surface area contributed by atoms with Gasteiger partial charge in [-0.1, -0.05) is 36.4 Å². The smallest absolute Gasteiger partial charge is 0.232 e. The third-order valence-electron chi connectivity index (χ3n) is 3.55. The highest BCUT2D eigenvalue weighted by Crippen LogP contribution is 2.35. The molecular formula is C16H14ClNO. The van der Waals surface area contributed by atoms with Crippen molar-refractivity contribution in [1.29, 1.82) is 0 Å². The van der Waals surface area contributed by atoms with E-state index in [1.807, 2.05) is 42.5 Å². The maximum absolute atomic E-state index is 12.2. The molecule has 3 rings (SSSR count). The van der Waals surface area contributed by atoms with Gasteiger partial charge in [-0.15, -0.1) is 11.6 Å². The van der Waals surface area contributed by atoms with Crippen molar-refractivity contribution >= 4 is 23.2 Å². The second-order valence-corrected chi connectivity index (χ2v) is 5.04. The number of halogens is 1. The van der Waals surface area contributed by atoms with Crippen molar-refractivity contribution in [3.05, 3.63) is 65.2 Å². The molecule has 96 valence electrons. The molecule has 0 radical (unpaired) electrons. The number of carbonyl (C=O) groups is 1. The number of benzene rings is 2. The Morgan fingerprint density at radius 3 is 2.58 bits per heavy atom. The van der Waals surface area contributed by atoms with E-state index in [4.69, 9.17) is 11.6 Å². The van der Waals surface area contributed by atoms with E-state index < -0.39 is 0 Å². The van der Waals surface area contributed by atoms with Crippen LogP contribution in [0.15, 0.2) is 48.5 Å². The minimum Gasteiger partial charge on any atom is -0.326 e. The second kappa shape index (κ2) is 5.06. The van der Waals surface area contributed by atoms with Gasteiger partial charge in [-0.2, -0.15) is 0 Å². The molecule has 3 heteroatoms. The number of fused-ring (bicyclic) bond motifs is 1. The van der Waals surface area contributed by atoms with Crippen molar-refractivity contribution in [2.24, 2.45) is 0 Å². The Balaban J connectivity index is 1.69. The van der Waals surface area contributed by atoms with E-state index in [9.17, 15) is 4.79 Å². The summed E-state index contributed by atoms with van der Waals surface area (Å²) in [5, 5.41) is 2.95. The van der Waals surface area contributed by atoms with Crippen molar-refractivity contribution in [1.82, 2.24) is 0 Å². The van der Waals surface area contributed by atoms with E-state index in [2.05, 4.69) is 11.4 Å². The molecule has 0 aromatic heterocycles. The highest BCUT2D eigenvalue weighted by molar-refractivity contribution is 6.17. The molecule has 2 aromatic carbocycles. The topological polar surface area (TPSA) is 29.1 Å². The van der Waals surface area contributed by atoms with Crippen molar-refractivity contribution in [3.63, 3.8) is 0 Å². The van der Waals surface area contributed by atoms with Gasteiger partial charge in [0, 0.05) is 11.6 Å². The Kier molecular flexibility index (Phi) is 3.26. The molecule has 2 aromatic rings. The first-order valence-corrected chi connectivity index (χ1v) is 6.85. The molecule has 1 aliphatic carbocycles. The Hall–Kier alpha value is -1.80. The quantitative estimate of drug-likeness (QED) is 0.848. The zero-order valence-corrected chi connectivity index (χ0v) is 11.2. The number of alkyl halides is 1. The summed E-state index contributed by atoms with van der Waals surface area (Å²) >= 11 is 5.74. The van der Waals surface area contributed by atoms with Crippen LogP contribution < -0.4 is 5.32 Å². The lowest BCUT2D eigenvalue weighted by Crippen LogP contribution is -2.30. The van der Waals surface area contributed by atoms with Gasteiger partial charge in [0.25, 0.3) is 0 Å². The summed E-state index contributed by atoms with van der Waals surface area (Å²) in [5.41, 5.74) is 4.30. The van der Waals surface area contributed by atoms with Crippen LogP contribution in [0.3, 0.4) is 0 Å². The molecule has 0 saturated heterocycles. The molecule has 2 nitrogen and oxygen atoms in total. The van der Waals surface area contributed by atoms with Crippen LogP contribution in [0.4, 0.5) is 5.69 Å². The summed E-state index contributed by atoms with van der Waals surface area (Å²) in [6.07, 6.45) is 0.835. The molecular weight excluding hydrogens is 258 g/mol. The summed E-state index contributed by atoms with van der Waals surface area (Å²) in [6.45, 7) is 0. The molecule has 0 heterocycles. The van der Waals surface area contributed by atoms with Gasteiger partial charge < -0.3 is 5.32 Å². The maximum Gasteiger partial charge on any atom is 0.232 e. The number of hydrogen-bond acceptors (Lipinski definition) is 1. The highest BCUT2D eigenvalue weighted by Gasteiger charge is 2.31. The molecule has 0 aliphatic heterocycles. The Bertz CT molecular complexity index is 606. The van der Waals surface area contributed by atoms with Crippen molar-refractivity contribution in [2.45, 2.75) is 18.2 Å². The number of nitrogens with one attached hydrogen (secondary N) is 1. The molecule has 0 bridgehead atoms. The van der Waals surface area contributed by atoms with Gasteiger partial charge in [0.2, 0.25) is 5.91 Å². The van der Waals surface area contributed by atoms with E-state index >= 15 is 0 Å². The van der Waals surface area contributed by atoms with Crippen LogP contribution in [0.5, 0.6) is 0 Å². The lowest BCUT2D eigenvalue weighted by Gasteiger charge is -2.28. The van der Waals surface area contributed by atoms with Crippen LogP contribution in [0.25, 0.3) is 0 Å². The minimum absolute atomic E-state index is 0.0103. The fourth-order valence-corrected chi connectivity index (χ4v) is 2.58. The fraction of sp³-hybridized carbons (Fsp3) is 0.188. The monoisotopic (exact) mass is 271 g/mol. The maximum atomic E-state index is 12.2. The van der Waals surface area contributed by atoms with Gasteiger partial charge in [0.1, 0.15) is 0 Å². The largest absolute Gasteiger partial charge is 0.326 e. The summed E-state index contributed by atoms with van der Waals surface area (Å²) in [5.74, 6) is 0.547. The van der Waals surface area contributed by atoms with Gasteiger partial charge in [0.15, 0.2) is 0 Å². The molecule has 1 atom stereocenters. The molecule has 0 spiro atoms. The number of hydrogen-bond donors (Lipinski definition) is 1. The average Bonchev–Trinajstić information content (AvgIpc) is 2.41. The number of amides is 1. The standard InChI is InChI=1S/C16H14ClNO/c17-10-11-5-7-13(8-6-11)18-16(19)15-9-12-3-1-2-4-14(12)15/h1-8,15H,9-10H2,(H,18,19). The van der Waals surface area contributed by atoms with Crippen LogP contribution >= 0.6 is 11.6 Å². The van der Waals surface area contributed by atoms with Gasteiger partial charge in [-0.25, -0.2) is 0 Å². The second-order valence-electron chi connectivity index (χ2n) is 4.78.